The molecule has 2 aromatic heterocycles. The van der Waals surface area contributed by atoms with Crippen molar-refractivity contribution in [3.05, 3.63) is 42.0 Å². The predicted octanol–water partition coefficient (Wildman–Crippen LogP) is 1.85. The van der Waals surface area contributed by atoms with Gasteiger partial charge in [-0.2, -0.15) is 5.10 Å². The fraction of sp³-hybridized carbons (Fsp3) is 0.357. The Bertz CT molecular complexity index is 577. The van der Waals surface area contributed by atoms with Crippen LogP contribution in [0.2, 0.25) is 0 Å². The van der Waals surface area contributed by atoms with Gasteiger partial charge in [-0.25, -0.2) is 9.48 Å². The van der Waals surface area contributed by atoms with Gasteiger partial charge in [0.15, 0.2) is 0 Å². The highest BCUT2D eigenvalue weighted by molar-refractivity contribution is 5.88. The number of hydrogen-bond acceptors (Lipinski definition) is 5. The number of nitrogens with zero attached hydrogens (tertiary/aromatic N) is 3. The molecule has 0 aliphatic heterocycles. The summed E-state index contributed by atoms with van der Waals surface area (Å²) in [6.07, 6.45) is 5.62. The Hall–Kier alpha value is -2.21. The molecule has 0 unspecified atom stereocenters. The molecule has 2 heterocycles. The molecule has 106 valence electrons. The number of nitrogens with two attached hydrogens (primary N) is 1. The third kappa shape index (κ3) is 3.03. The van der Waals surface area contributed by atoms with Crippen molar-refractivity contribution in [1.82, 2.24) is 14.8 Å². The number of hydrogen-bond donors (Lipinski definition) is 1. The summed E-state index contributed by atoms with van der Waals surface area (Å²) in [5.41, 5.74) is 7.94. The van der Waals surface area contributed by atoms with E-state index in [0.29, 0.717) is 12.2 Å². The van der Waals surface area contributed by atoms with Crippen molar-refractivity contribution in [2.45, 2.75) is 26.3 Å². The van der Waals surface area contributed by atoms with Crippen LogP contribution in [-0.4, -0.2) is 27.3 Å². The maximum absolute atomic E-state index is 11.6. The Labute approximate surface area is 117 Å². The molecule has 0 spiro atoms. The zero-order chi connectivity index (χ0) is 14.5. The molecule has 0 saturated carbocycles. The van der Waals surface area contributed by atoms with Gasteiger partial charge in [0, 0.05) is 12.2 Å². The average molecular weight is 274 g/mol. The van der Waals surface area contributed by atoms with Crippen LogP contribution in [0.1, 0.15) is 42.4 Å². The minimum atomic E-state index is -0.378. The maximum atomic E-state index is 11.6. The van der Waals surface area contributed by atoms with E-state index in [1.54, 1.807) is 24.0 Å². The van der Waals surface area contributed by atoms with E-state index in [-0.39, 0.29) is 12.0 Å². The first kappa shape index (κ1) is 14.2. The van der Waals surface area contributed by atoms with Gasteiger partial charge in [0.25, 0.3) is 0 Å². The number of carbonyl (C=O) groups is 1. The van der Waals surface area contributed by atoms with Crippen LogP contribution in [0.4, 0.5) is 0 Å². The number of pyridine rings is 1. The molecule has 6 nitrogen and oxygen atoms in total. The lowest BCUT2D eigenvalue weighted by Gasteiger charge is -2.08. The van der Waals surface area contributed by atoms with Crippen molar-refractivity contribution in [3.8, 4) is 5.69 Å². The quantitative estimate of drug-likeness (QED) is 0.841. The number of esters is 1. The molecular formula is C14H18N4O2. The minimum absolute atomic E-state index is 0.0586. The highest BCUT2D eigenvalue weighted by Gasteiger charge is 2.11. The Morgan fingerprint density at radius 3 is 2.80 bits per heavy atom. The van der Waals surface area contributed by atoms with Crippen molar-refractivity contribution in [1.29, 1.82) is 0 Å². The summed E-state index contributed by atoms with van der Waals surface area (Å²) in [5.74, 6) is -0.378. The largest absolute Gasteiger partial charge is 0.462 e. The van der Waals surface area contributed by atoms with Gasteiger partial charge in [-0.1, -0.05) is 6.92 Å². The van der Waals surface area contributed by atoms with Gasteiger partial charge in [-0.05, 0) is 25.5 Å². The molecule has 2 rings (SSSR count). The second-order valence-corrected chi connectivity index (χ2v) is 4.35. The van der Waals surface area contributed by atoms with Crippen LogP contribution in [0.15, 0.2) is 30.7 Å². The summed E-state index contributed by atoms with van der Waals surface area (Å²) in [6.45, 7) is 4.12. The first-order valence-corrected chi connectivity index (χ1v) is 6.59. The van der Waals surface area contributed by atoms with Crippen LogP contribution in [-0.2, 0) is 4.74 Å². The monoisotopic (exact) mass is 274 g/mol. The number of ether oxygens (including phenoxy) is 1. The average Bonchev–Trinajstić information content (AvgIpc) is 2.97. The normalized spacial score (nSPS) is 12.2. The van der Waals surface area contributed by atoms with Gasteiger partial charge in [0.05, 0.1) is 35.9 Å². The number of carbonyl (C=O) groups excluding carboxylic acids is 1. The molecule has 0 aliphatic rings. The lowest BCUT2D eigenvalue weighted by molar-refractivity contribution is 0.0526. The van der Waals surface area contributed by atoms with Crippen molar-refractivity contribution < 1.29 is 9.53 Å². The van der Waals surface area contributed by atoms with Crippen LogP contribution < -0.4 is 5.73 Å². The fourth-order valence-electron chi connectivity index (χ4n) is 1.75. The van der Waals surface area contributed by atoms with Gasteiger partial charge in [-0.3, -0.25) is 4.98 Å². The molecule has 0 saturated heterocycles. The van der Waals surface area contributed by atoms with E-state index in [4.69, 9.17) is 10.5 Å². The highest BCUT2D eigenvalue weighted by Crippen LogP contribution is 2.13. The van der Waals surface area contributed by atoms with E-state index in [9.17, 15) is 4.79 Å². The minimum Gasteiger partial charge on any atom is -0.462 e. The molecule has 1 atom stereocenters. The van der Waals surface area contributed by atoms with Crippen molar-refractivity contribution in [2.75, 3.05) is 6.61 Å². The van der Waals surface area contributed by atoms with E-state index in [0.717, 1.165) is 17.8 Å². The molecule has 2 aromatic rings. The summed E-state index contributed by atoms with van der Waals surface area (Å²) in [4.78, 5) is 15.9. The smallest absolute Gasteiger partial charge is 0.341 e. The summed E-state index contributed by atoms with van der Waals surface area (Å²) in [7, 11) is 0. The van der Waals surface area contributed by atoms with Gasteiger partial charge >= 0.3 is 5.97 Å². The second-order valence-electron chi connectivity index (χ2n) is 4.35. The van der Waals surface area contributed by atoms with E-state index < -0.39 is 0 Å². The van der Waals surface area contributed by atoms with E-state index >= 15 is 0 Å². The van der Waals surface area contributed by atoms with E-state index in [1.165, 1.54) is 6.20 Å². The highest BCUT2D eigenvalue weighted by atomic mass is 16.5. The first-order chi connectivity index (χ1) is 9.65. The molecular weight excluding hydrogens is 256 g/mol. The van der Waals surface area contributed by atoms with Crippen LogP contribution in [0.5, 0.6) is 0 Å². The zero-order valence-corrected chi connectivity index (χ0v) is 11.6. The third-order valence-electron chi connectivity index (χ3n) is 2.95. The molecule has 0 bridgehead atoms. The van der Waals surface area contributed by atoms with Crippen molar-refractivity contribution in [2.24, 2.45) is 5.73 Å². The molecule has 0 amide bonds. The molecule has 6 heteroatoms. The summed E-state index contributed by atoms with van der Waals surface area (Å²) >= 11 is 0. The van der Waals surface area contributed by atoms with Crippen molar-refractivity contribution in [3.63, 3.8) is 0 Å². The standard InChI is InChI=1S/C14H18N4O2/c1-3-12(15)13-6-5-11(8-16-13)18-9-10(7-17-18)14(19)20-4-2/h5-9,12H,3-4,15H2,1-2H3/t12-/m0/s1. The van der Waals surface area contributed by atoms with Crippen LogP contribution in [0.25, 0.3) is 5.69 Å². The van der Waals surface area contributed by atoms with Gasteiger partial charge in [0.1, 0.15) is 0 Å². The summed E-state index contributed by atoms with van der Waals surface area (Å²) < 4.78 is 6.50. The lowest BCUT2D eigenvalue weighted by atomic mass is 10.1. The fourth-order valence-corrected chi connectivity index (χ4v) is 1.75. The lowest BCUT2D eigenvalue weighted by Crippen LogP contribution is -2.10. The molecule has 0 radical (unpaired) electrons. The van der Waals surface area contributed by atoms with Crippen molar-refractivity contribution >= 4 is 5.97 Å². The maximum Gasteiger partial charge on any atom is 0.341 e. The summed E-state index contributed by atoms with van der Waals surface area (Å²) in [6, 6.07) is 3.69. The van der Waals surface area contributed by atoms with Crippen LogP contribution in [0.3, 0.4) is 0 Å². The van der Waals surface area contributed by atoms with Gasteiger partial charge in [-0.15, -0.1) is 0 Å². The SMILES string of the molecule is CCOC(=O)c1cnn(-c2ccc([C@@H](N)CC)nc2)c1. The van der Waals surface area contributed by atoms with E-state index in [1.807, 2.05) is 19.1 Å². The topological polar surface area (TPSA) is 83.0 Å². The van der Waals surface area contributed by atoms with Crippen LogP contribution in [0, 0.1) is 0 Å². The van der Waals surface area contributed by atoms with Gasteiger partial charge < -0.3 is 10.5 Å². The van der Waals surface area contributed by atoms with Gasteiger partial charge in [0.2, 0.25) is 0 Å². The molecule has 20 heavy (non-hydrogen) atoms. The Morgan fingerprint density at radius 2 is 2.20 bits per heavy atom. The molecule has 0 fully saturated rings. The Kier molecular flexibility index (Phi) is 4.47. The zero-order valence-electron chi connectivity index (χ0n) is 11.6. The second kappa shape index (κ2) is 6.29. The Balaban J connectivity index is 2.18. The predicted molar refractivity (Wildman–Crippen MR) is 74.5 cm³/mol. The van der Waals surface area contributed by atoms with Crippen LogP contribution >= 0.6 is 0 Å². The number of aromatic nitrogens is 3. The third-order valence-corrected chi connectivity index (χ3v) is 2.95. The Morgan fingerprint density at radius 1 is 1.40 bits per heavy atom. The summed E-state index contributed by atoms with van der Waals surface area (Å²) in [5, 5.41) is 4.13. The molecule has 0 aliphatic carbocycles. The molecule has 2 N–H and O–H groups in total. The number of rotatable bonds is 5. The molecule has 0 aromatic carbocycles. The first-order valence-electron chi connectivity index (χ1n) is 6.59. The van der Waals surface area contributed by atoms with E-state index in [2.05, 4.69) is 10.1 Å².